The Balaban J connectivity index is 2.88. The zero-order chi connectivity index (χ0) is 16.2. The van der Waals surface area contributed by atoms with Crippen molar-refractivity contribution in [3.05, 3.63) is 11.4 Å². The normalized spacial score (nSPS) is 12.0. The Labute approximate surface area is 125 Å². The molecule has 1 rings (SSSR count). The van der Waals surface area contributed by atoms with E-state index < -0.39 is 16.0 Å². The summed E-state index contributed by atoms with van der Waals surface area (Å²) < 4.78 is 28.7. The lowest BCUT2D eigenvalue weighted by Crippen LogP contribution is -2.26. The fraction of sp³-hybridized carbons (Fsp3) is 0.692. The van der Waals surface area contributed by atoms with E-state index in [4.69, 9.17) is 5.11 Å². The number of sulfonamides is 1. The molecule has 21 heavy (non-hydrogen) atoms. The summed E-state index contributed by atoms with van der Waals surface area (Å²) in [4.78, 5) is 10.6. The summed E-state index contributed by atoms with van der Waals surface area (Å²) in [5, 5.41) is 12.8. The van der Waals surface area contributed by atoms with E-state index in [-0.39, 0.29) is 24.3 Å². The topological polar surface area (TPSA) is 101 Å². The second-order valence-corrected chi connectivity index (χ2v) is 7.17. The molecule has 0 spiro atoms. The monoisotopic (exact) mass is 317 g/mol. The average molecular weight is 317 g/mol. The van der Waals surface area contributed by atoms with Crippen molar-refractivity contribution in [2.24, 2.45) is 5.92 Å². The van der Waals surface area contributed by atoms with Gasteiger partial charge in [-0.05, 0) is 26.2 Å². The minimum absolute atomic E-state index is 0.0624. The second-order valence-electron chi connectivity index (χ2n) is 5.47. The fourth-order valence-corrected chi connectivity index (χ4v) is 3.59. The van der Waals surface area contributed by atoms with Crippen molar-refractivity contribution in [1.82, 2.24) is 14.5 Å². The lowest BCUT2D eigenvalue weighted by atomic mass is 10.2. The molecule has 0 saturated heterocycles. The van der Waals surface area contributed by atoms with E-state index in [1.807, 2.05) is 13.8 Å². The molecule has 0 radical (unpaired) electrons. The molecular weight excluding hydrogens is 294 g/mol. The summed E-state index contributed by atoms with van der Waals surface area (Å²) in [7, 11) is -3.66. The van der Waals surface area contributed by atoms with Gasteiger partial charge in [-0.15, -0.1) is 0 Å². The van der Waals surface area contributed by atoms with E-state index in [0.717, 1.165) is 0 Å². The maximum Gasteiger partial charge on any atom is 0.303 e. The summed E-state index contributed by atoms with van der Waals surface area (Å²) >= 11 is 0. The molecular formula is C13H23N3O4S. The van der Waals surface area contributed by atoms with Gasteiger partial charge in [0.15, 0.2) is 0 Å². The number of rotatable bonds is 8. The molecule has 8 heteroatoms. The number of aliphatic carboxylic acids is 1. The Morgan fingerprint density at radius 3 is 2.52 bits per heavy atom. The maximum atomic E-state index is 12.3. The van der Waals surface area contributed by atoms with E-state index in [0.29, 0.717) is 23.9 Å². The van der Waals surface area contributed by atoms with E-state index in [2.05, 4.69) is 9.82 Å². The van der Waals surface area contributed by atoms with E-state index in [1.165, 1.54) is 0 Å². The molecule has 0 unspecified atom stereocenters. The Morgan fingerprint density at radius 1 is 1.38 bits per heavy atom. The number of aryl methyl sites for hydroxylation is 1. The van der Waals surface area contributed by atoms with Gasteiger partial charge >= 0.3 is 5.97 Å². The van der Waals surface area contributed by atoms with Crippen LogP contribution in [-0.4, -0.2) is 35.8 Å². The van der Waals surface area contributed by atoms with Crippen LogP contribution in [0.4, 0.5) is 0 Å². The van der Waals surface area contributed by atoms with Crippen molar-refractivity contribution in [2.75, 3.05) is 6.54 Å². The molecule has 0 aromatic carbocycles. The quantitative estimate of drug-likeness (QED) is 0.704. The van der Waals surface area contributed by atoms with Gasteiger partial charge in [0.1, 0.15) is 4.90 Å². The molecule has 1 aromatic heterocycles. The first kappa shape index (κ1) is 17.6. The SMILES string of the molecule is Cc1nn(CC(C)C)c(C)c1S(=O)(=O)NCCCC(=O)O. The highest BCUT2D eigenvalue weighted by molar-refractivity contribution is 7.89. The number of aromatic nitrogens is 2. The number of carboxylic acids is 1. The molecule has 0 saturated carbocycles. The molecule has 1 aromatic rings. The Hall–Kier alpha value is -1.41. The molecule has 1 heterocycles. The van der Waals surface area contributed by atoms with Crippen molar-refractivity contribution in [3.8, 4) is 0 Å². The first-order valence-corrected chi connectivity index (χ1v) is 8.39. The number of nitrogens with zero attached hydrogens (tertiary/aromatic N) is 2. The minimum Gasteiger partial charge on any atom is -0.481 e. The first-order valence-electron chi connectivity index (χ1n) is 6.90. The molecule has 0 aliphatic carbocycles. The Kier molecular flexibility index (Phi) is 5.91. The van der Waals surface area contributed by atoms with Gasteiger partial charge in [0, 0.05) is 19.5 Å². The number of hydrogen-bond donors (Lipinski definition) is 2. The van der Waals surface area contributed by atoms with Crippen molar-refractivity contribution in [2.45, 2.75) is 52.0 Å². The summed E-state index contributed by atoms with van der Waals surface area (Å²) in [5.41, 5.74) is 1.06. The van der Waals surface area contributed by atoms with Gasteiger partial charge in [-0.25, -0.2) is 13.1 Å². The van der Waals surface area contributed by atoms with Crippen LogP contribution in [0.5, 0.6) is 0 Å². The number of carbonyl (C=O) groups is 1. The molecule has 0 atom stereocenters. The predicted octanol–water partition coefficient (Wildman–Crippen LogP) is 1.30. The van der Waals surface area contributed by atoms with E-state index in [1.54, 1.807) is 18.5 Å². The minimum atomic E-state index is -3.66. The number of hydrogen-bond acceptors (Lipinski definition) is 4. The standard InChI is InChI=1S/C13H23N3O4S/c1-9(2)8-16-11(4)13(10(3)15-16)21(19,20)14-7-5-6-12(17)18/h9,14H,5-8H2,1-4H3,(H,17,18). The van der Waals surface area contributed by atoms with Crippen molar-refractivity contribution in [3.63, 3.8) is 0 Å². The number of nitrogens with one attached hydrogen (secondary N) is 1. The highest BCUT2D eigenvalue weighted by Crippen LogP contribution is 2.20. The molecule has 120 valence electrons. The molecule has 2 N–H and O–H groups in total. The van der Waals surface area contributed by atoms with Gasteiger partial charge in [0.05, 0.1) is 11.4 Å². The molecule has 0 aliphatic heterocycles. The second kappa shape index (κ2) is 7.04. The Bertz CT molecular complexity index is 605. The Morgan fingerprint density at radius 2 is 2.00 bits per heavy atom. The van der Waals surface area contributed by atoms with Gasteiger partial charge in [0.25, 0.3) is 0 Å². The largest absolute Gasteiger partial charge is 0.481 e. The van der Waals surface area contributed by atoms with Gasteiger partial charge in [-0.3, -0.25) is 9.48 Å². The summed E-state index contributed by atoms with van der Waals surface area (Å²) in [6, 6.07) is 0. The lowest BCUT2D eigenvalue weighted by Gasteiger charge is -2.09. The summed E-state index contributed by atoms with van der Waals surface area (Å²) in [5.74, 6) is -0.576. The fourth-order valence-electron chi connectivity index (χ4n) is 2.11. The first-order chi connectivity index (χ1) is 9.65. The van der Waals surface area contributed by atoms with Crippen LogP contribution >= 0.6 is 0 Å². The zero-order valence-electron chi connectivity index (χ0n) is 12.9. The molecule has 0 amide bonds. The average Bonchev–Trinajstić information content (AvgIpc) is 2.59. The van der Waals surface area contributed by atoms with Gasteiger partial charge in [-0.1, -0.05) is 13.8 Å². The van der Waals surface area contributed by atoms with Crippen LogP contribution in [0.1, 0.15) is 38.1 Å². The molecule has 0 fully saturated rings. The van der Waals surface area contributed by atoms with E-state index >= 15 is 0 Å². The van der Waals surface area contributed by atoms with Crippen molar-refractivity contribution in [1.29, 1.82) is 0 Å². The van der Waals surface area contributed by atoms with E-state index in [9.17, 15) is 13.2 Å². The predicted molar refractivity (Wildman–Crippen MR) is 78.6 cm³/mol. The van der Waals surface area contributed by atoms with Crippen LogP contribution in [0.25, 0.3) is 0 Å². The van der Waals surface area contributed by atoms with Crippen LogP contribution in [0.2, 0.25) is 0 Å². The van der Waals surface area contributed by atoms with Crippen LogP contribution in [0.3, 0.4) is 0 Å². The third-order valence-electron chi connectivity index (χ3n) is 2.98. The van der Waals surface area contributed by atoms with Crippen LogP contribution < -0.4 is 4.72 Å². The highest BCUT2D eigenvalue weighted by Gasteiger charge is 2.24. The third kappa shape index (κ3) is 4.82. The van der Waals surface area contributed by atoms with Crippen LogP contribution in [0.15, 0.2) is 4.90 Å². The van der Waals surface area contributed by atoms with Crippen molar-refractivity contribution >= 4 is 16.0 Å². The summed E-state index contributed by atoms with van der Waals surface area (Å²) in [6.07, 6.45) is 0.194. The van der Waals surface area contributed by atoms with Gasteiger partial charge in [0.2, 0.25) is 10.0 Å². The molecule has 0 aliphatic rings. The summed E-state index contributed by atoms with van der Waals surface area (Å²) in [6.45, 7) is 8.22. The van der Waals surface area contributed by atoms with Crippen LogP contribution in [0, 0.1) is 19.8 Å². The van der Waals surface area contributed by atoms with Crippen molar-refractivity contribution < 1.29 is 18.3 Å². The third-order valence-corrected chi connectivity index (χ3v) is 4.69. The van der Waals surface area contributed by atoms with Gasteiger partial charge in [-0.2, -0.15) is 5.10 Å². The smallest absolute Gasteiger partial charge is 0.303 e. The number of carboxylic acid groups (broad SMARTS) is 1. The molecule has 7 nitrogen and oxygen atoms in total. The zero-order valence-corrected chi connectivity index (χ0v) is 13.7. The van der Waals surface area contributed by atoms with Gasteiger partial charge < -0.3 is 5.11 Å². The van der Waals surface area contributed by atoms with Crippen LogP contribution in [-0.2, 0) is 21.4 Å². The maximum absolute atomic E-state index is 12.3. The highest BCUT2D eigenvalue weighted by atomic mass is 32.2. The lowest BCUT2D eigenvalue weighted by molar-refractivity contribution is -0.137. The molecule has 0 bridgehead atoms.